The van der Waals surface area contributed by atoms with E-state index in [1.165, 1.54) is 17.0 Å². The number of benzene rings is 1. The molecule has 0 radical (unpaired) electrons. The summed E-state index contributed by atoms with van der Waals surface area (Å²) in [5.74, 6) is -0.408. The van der Waals surface area contributed by atoms with Gasteiger partial charge in [-0.25, -0.2) is 9.18 Å². The number of hydrogen-bond acceptors (Lipinski definition) is 3. The molecule has 6 nitrogen and oxygen atoms in total. The second-order valence-electron chi connectivity index (χ2n) is 6.23. The Morgan fingerprint density at radius 1 is 1.32 bits per heavy atom. The molecule has 7 heteroatoms. The Kier molecular flexibility index (Phi) is 7.18. The van der Waals surface area contributed by atoms with Crippen LogP contribution in [0.3, 0.4) is 0 Å². The van der Waals surface area contributed by atoms with E-state index in [0.717, 1.165) is 12.0 Å². The molecule has 0 unspecified atom stereocenters. The van der Waals surface area contributed by atoms with Gasteiger partial charge in [-0.15, -0.1) is 0 Å². The van der Waals surface area contributed by atoms with Crippen molar-refractivity contribution in [3.8, 4) is 0 Å². The zero-order valence-corrected chi connectivity index (χ0v) is 14.8. The lowest BCUT2D eigenvalue weighted by molar-refractivity contribution is -0.135. The fourth-order valence-corrected chi connectivity index (χ4v) is 2.58. The standard InChI is InChI=1S/C18H26FN3O3/c1-3-10-25-14(2)11-20-18(24)22-9-8-21(17(23)13-22)12-15-4-6-16(19)7-5-15/h4-7,14H,3,8-13H2,1-2H3,(H,20,24)/t14-/m0/s1. The number of hydrogen-bond donors (Lipinski definition) is 1. The number of rotatable bonds is 7. The molecular weight excluding hydrogens is 325 g/mol. The van der Waals surface area contributed by atoms with E-state index in [-0.39, 0.29) is 30.4 Å². The molecule has 1 fully saturated rings. The van der Waals surface area contributed by atoms with Gasteiger partial charge in [0.05, 0.1) is 6.10 Å². The van der Waals surface area contributed by atoms with Crippen LogP contribution >= 0.6 is 0 Å². The van der Waals surface area contributed by atoms with E-state index >= 15 is 0 Å². The average molecular weight is 351 g/mol. The van der Waals surface area contributed by atoms with Gasteiger partial charge < -0.3 is 19.9 Å². The number of nitrogens with one attached hydrogen (secondary N) is 1. The molecule has 3 amide bonds. The third-order valence-corrected chi connectivity index (χ3v) is 4.04. The second-order valence-corrected chi connectivity index (χ2v) is 6.23. The number of carbonyl (C=O) groups excluding carboxylic acids is 2. The molecule has 25 heavy (non-hydrogen) atoms. The maximum Gasteiger partial charge on any atom is 0.318 e. The van der Waals surface area contributed by atoms with Gasteiger partial charge in [-0.2, -0.15) is 0 Å². The SMILES string of the molecule is CCCO[C@@H](C)CNC(=O)N1CCN(Cc2ccc(F)cc2)C(=O)C1. The number of nitrogens with zero attached hydrogens (tertiary/aromatic N) is 2. The lowest BCUT2D eigenvalue weighted by Crippen LogP contribution is -2.54. The molecule has 2 rings (SSSR count). The lowest BCUT2D eigenvalue weighted by Gasteiger charge is -2.34. The predicted molar refractivity (Wildman–Crippen MR) is 92.5 cm³/mol. The minimum atomic E-state index is -0.297. The second kappa shape index (κ2) is 9.36. The predicted octanol–water partition coefficient (Wildman–Crippen LogP) is 1.99. The van der Waals surface area contributed by atoms with Crippen LogP contribution in [0.4, 0.5) is 9.18 Å². The van der Waals surface area contributed by atoms with Crippen molar-refractivity contribution in [3.05, 3.63) is 35.6 Å². The summed E-state index contributed by atoms with van der Waals surface area (Å²) in [5.41, 5.74) is 0.870. The Morgan fingerprint density at radius 3 is 2.68 bits per heavy atom. The molecule has 138 valence electrons. The largest absolute Gasteiger partial charge is 0.377 e. The van der Waals surface area contributed by atoms with Crippen LogP contribution in [0.2, 0.25) is 0 Å². The number of amides is 3. The first-order valence-corrected chi connectivity index (χ1v) is 8.66. The minimum Gasteiger partial charge on any atom is -0.377 e. The van der Waals surface area contributed by atoms with Crippen molar-refractivity contribution < 1.29 is 18.7 Å². The van der Waals surface area contributed by atoms with Gasteiger partial charge in [0.25, 0.3) is 0 Å². The highest BCUT2D eigenvalue weighted by molar-refractivity contribution is 5.85. The molecule has 1 aliphatic heterocycles. The van der Waals surface area contributed by atoms with Crippen LogP contribution < -0.4 is 5.32 Å². The zero-order valence-electron chi connectivity index (χ0n) is 14.8. The number of halogens is 1. The van der Waals surface area contributed by atoms with Crippen molar-refractivity contribution in [1.82, 2.24) is 15.1 Å². The first kappa shape index (κ1) is 19.2. The summed E-state index contributed by atoms with van der Waals surface area (Å²) in [5, 5.41) is 2.80. The topological polar surface area (TPSA) is 61.9 Å². The Morgan fingerprint density at radius 2 is 2.04 bits per heavy atom. The number of ether oxygens (including phenoxy) is 1. The molecule has 0 spiro atoms. The summed E-state index contributed by atoms with van der Waals surface area (Å²) in [4.78, 5) is 27.6. The summed E-state index contributed by atoms with van der Waals surface area (Å²) >= 11 is 0. The Bertz CT molecular complexity index is 579. The fourth-order valence-electron chi connectivity index (χ4n) is 2.58. The van der Waals surface area contributed by atoms with Gasteiger partial charge in [-0.05, 0) is 31.0 Å². The molecule has 0 bridgehead atoms. The molecule has 1 heterocycles. The molecule has 1 aromatic carbocycles. The van der Waals surface area contributed by atoms with Crippen LogP contribution in [0.15, 0.2) is 24.3 Å². The first-order chi connectivity index (χ1) is 12.0. The Hall–Kier alpha value is -2.15. The van der Waals surface area contributed by atoms with E-state index in [4.69, 9.17) is 4.74 Å². The van der Waals surface area contributed by atoms with Crippen LogP contribution in [0, 0.1) is 5.82 Å². The molecule has 1 saturated heterocycles. The third kappa shape index (κ3) is 6.01. The van der Waals surface area contributed by atoms with Gasteiger partial charge >= 0.3 is 6.03 Å². The van der Waals surface area contributed by atoms with Crippen molar-refractivity contribution in [2.45, 2.75) is 32.9 Å². The van der Waals surface area contributed by atoms with Gasteiger partial charge in [-0.3, -0.25) is 4.79 Å². The number of piperazine rings is 1. The summed E-state index contributed by atoms with van der Waals surface area (Å²) in [6.45, 7) is 6.44. The van der Waals surface area contributed by atoms with E-state index in [1.807, 2.05) is 13.8 Å². The zero-order chi connectivity index (χ0) is 18.2. The normalized spacial score (nSPS) is 16.0. The van der Waals surface area contributed by atoms with E-state index in [1.54, 1.807) is 17.0 Å². The molecule has 1 aliphatic rings. The first-order valence-electron chi connectivity index (χ1n) is 8.66. The molecule has 0 aliphatic carbocycles. The molecular formula is C18H26FN3O3. The maximum absolute atomic E-state index is 12.9. The van der Waals surface area contributed by atoms with Crippen LogP contribution in [0.25, 0.3) is 0 Å². The highest BCUT2D eigenvalue weighted by Gasteiger charge is 2.27. The molecule has 1 aromatic rings. The summed E-state index contributed by atoms with van der Waals surface area (Å²) in [6, 6.07) is 5.84. The lowest BCUT2D eigenvalue weighted by atomic mass is 10.2. The van der Waals surface area contributed by atoms with E-state index in [0.29, 0.717) is 32.8 Å². The highest BCUT2D eigenvalue weighted by atomic mass is 19.1. The van der Waals surface area contributed by atoms with E-state index < -0.39 is 0 Å². The quantitative estimate of drug-likeness (QED) is 0.817. The molecule has 1 atom stereocenters. The van der Waals surface area contributed by atoms with E-state index in [9.17, 15) is 14.0 Å². The van der Waals surface area contributed by atoms with Crippen LogP contribution in [-0.2, 0) is 16.1 Å². The van der Waals surface area contributed by atoms with E-state index in [2.05, 4.69) is 5.32 Å². The summed E-state index contributed by atoms with van der Waals surface area (Å²) in [7, 11) is 0. The van der Waals surface area contributed by atoms with Crippen molar-refractivity contribution in [1.29, 1.82) is 0 Å². The molecule has 0 aromatic heterocycles. The van der Waals surface area contributed by atoms with Gasteiger partial charge in [0, 0.05) is 32.8 Å². The van der Waals surface area contributed by atoms with Crippen molar-refractivity contribution >= 4 is 11.9 Å². The smallest absolute Gasteiger partial charge is 0.318 e. The minimum absolute atomic E-state index is 0.0528. The van der Waals surface area contributed by atoms with Crippen molar-refractivity contribution in [2.24, 2.45) is 0 Å². The maximum atomic E-state index is 12.9. The number of urea groups is 1. The van der Waals surface area contributed by atoms with Crippen LogP contribution in [0.5, 0.6) is 0 Å². The van der Waals surface area contributed by atoms with Gasteiger partial charge in [-0.1, -0.05) is 19.1 Å². The number of carbonyl (C=O) groups is 2. The van der Waals surface area contributed by atoms with Gasteiger partial charge in [0.1, 0.15) is 12.4 Å². The summed E-state index contributed by atoms with van der Waals surface area (Å²) < 4.78 is 18.4. The van der Waals surface area contributed by atoms with Crippen LogP contribution in [-0.4, -0.2) is 60.6 Å². The Balaban J connectivity index is 1.77. The van der Waals surface area contributed by atoms with Crippen molar-refractivity contribution in [2.75, 3.05) is 32.8 Å². The monoisotopic (exact) mass is 351 g/mol. The third-order valence-electron chi connectivity index (χ3n) is 4.04. The summed E-state index contributed by atoms with van der Waals surface area (Å²) in [6.07, 6.45) is 0.877. The average Bonchev–Trinajstić information content (AvgIpc) is 2.61. The van der Waals surface area contributed by atoms with Gasteiger partial charge in [0.2, 0.25) is 5.91 Å². The highest BCUT2D eigenvalue weighted by Crippen LogP contribution is 2.11. The molecule has 1 N–H and O–H groups in total. The molecule has 0 saturated carbocycles. The van der Waals surface area contributed by atoms with Gasteiger partial charge in [0.15, 0.2) is 0 Å². The Labute approximate surface area is 147 Å². The fraction of sp³-hybridized carbons (Fsp3) is 0.556. The van der Waals surface area contributed by atoms with Crippen LogP contribution in [0.1, 0.15) is 25.8 Å². The van der Waals surface area contributed by atoms with Crippen molar-refractivity contribution in [3.63, 3.8) is 0 Å².